The molecule has 3 nitrogen and oxygen atoms in total. The van der Waals surface area contributed by atoms with E-state index >= 15 is 0 Å². The second-order valence-corrected chi connectivity index (χ2v) is 3.57. The fourth-order valence-corrected chi connectivity index (χ4v) is 1.55. The minimum absolute atomic E-state index is 0.439. The lowest BCUT2D eigenvalue weighted by molar-refractivity contribution is 0.538. The molecule has 0 amide bonds. The maximum atomic E-state index is 4.34. The van der Waals surface area contributed by atoms with Gasteiger partial charge in [-0.05, 0) is 25.4 Å². The van der Waals surface area contributed by atoms with Crippen LogP contribution in [0.4, 0.5) is 0 Å². The Bertz CT molecular complexity index is 332. The zero-order valence-corrected chi connectivity index (χ0v) is 7.30. The summed E-state index contributed by atoms with van der Waals surface area (Å²) in [6.45, 7) is 4.23. The van der Waals surface area contributed by atoms with E-state index in [2.05, 4.69) is 23.3 Å². The zero-order valence-electron chi connectivity index (χ0n) is 6.48. The van der Waals surface area contributed by atoms with Gasteiger partial charge in [0.25, 0.3) is 0 Å². The summed E-state index contributed by atoms with van der Waals surface area (Å²) in [5, 5.41) is 5.49. The standard InChI is InChI=1S/C7H9N3S/c1-5(2)10-4-6-3-8-11-7(6)9-10/h3-5H,1-2H3. The molecule has 0 N–H and O–H groups in total. The summed E-state index contributed by atoms with van der Waals surface area (Å²) < 4.78 is 5.99. The summed E-state index contributed by atoms with van der Waals surface area (Å²) in [4.78, 5) is 1.03. The highest BCUT2D eigenvalue weighted by Crippen LogP contribution is 2.17. The van der Waals surface area contributed by atoms with Crippen molar-refractivity contribution < 1.29 is 0 Å². The van der Waals surface area contributed by atoms with Crippen molar-refractivity contribution in [3.8, 4) is 0 Å². The molecule has 0 fully saturated rings. The third-order valence-electron chi connectivity index (χ3n) is 1.58. The molecule has 0 atom stereocenters. The van der Waals surface area contributed by atoms with Crippen molar-refractivity contribution >= 4 is 21.7 Å². The van der Waals surface area contributed by atoms with Gasteiger partial charge in [0.2, 0.25) is 0 Å². The number of aromatic nitrogens is 3. The Morgan fingerprint density at radius 1 is 1.55 bits per heavy atom. The molecule has 0 aliphatic heterocycles. The molecule has 2 heterocycles. The van der Waals surface area contributed by atoms with Crippen molar-refractivity contribution in [2.45, 2.75) is 19.9 Å². The minimum atomic E-state index is 0.439. The van der Waals surface area contributed by atoms with Gasteiger partial charge in [0, 0.05) is 12.2 Å². The first kappa shape index (κ1) is 6.79. The van der Waals surface area contributed by atoms with Crippen LogP contribution in [-0.4, -0.2) is 14.2 Å². The quantitative estimate of drug-likeness (QED) is 0.651. The van der Waals surface area contributed by atoms with Crippen LogP contribution in [0.2, 0.25) is 0 Å². The molecule has 0 radical (unpaired) electrons. The topological polar surface area (TPSA) is 30.7 Å². The highest BCUT2D eigenvalue weighted by molar-refractivity contribution is 7.12. The second kappa shape index (κ2) is 2.30. The van der Waals surface area contributed by atoms with E-state index in [4.69, 9.17) is 0 Å². The van der Waals surface area contributed by atoms with Crippen LogP contribution in [0.15, 0.2) is 12.4 Å². The molecule has 11 heavy (non-hydrogen) atoms. The van der Waals surface area contributed by atoms with Crippen molar-refractivity contribution in [1.82, 2.24) is 14.2 Å². The molecule has 2 aromatic heterocycles. The summed E-state index contributed by atoms with van der Waals surface area (Å²) in [6, 6.07) is 0.439. The fourth-order valence-electron chi connectivity index (χ4n) is 0.946. The van der Waals surface area contributed by atoms with Crippen molar-refractivity contribution in [3.63, 3.8) is 0 Å². The first-order chi connectivity index (χ1) is 5.27. The normalized spacial score (nSPS) is 11.5. The van der Waals surface area contributed by atoms with Crippen LogP contribution >= 0.6 is 11.5 Å². The Labute approximate surface area is 68.8 Å². The Morgan fingerprint density at radius 3 is 3.00 bits per heavy atom. The largest absolute Gasteiger partial charge is 0.268 e. The molecule has 0 aliphatic rings. The van der Waals surface area contributed by atoms with E-state index in [1.807, 2.05) is 17.1 Å². The third kappa shape index (κ3) is 1.03. The SMILES string of the molecule is CC(C)n1cc2cnsc2n1. The average Bonchev–Trinajstić information content (AvgIpc) is 2.40. The van der Waals surface area contributed by atoms with Crippen LogP contribution in [0.3, 0.4) is 0 Å². The number of hydrogen-bond acceptors (Lipinski definition) is 3. The van der Waals surface area contributed by atoms with Crippen LogP contribution in [0.25, 0.3) is 10.2 Å². The fraction of sp³-hybridized carbons (Fsp3) is 0.429. The monoisotopic (exact) mass is 167 g/mol. The van der Waals surface area contributed by atoms with Gasteiger partial charge in [-0.15, -0.1) is 0 Å². The van der Waals surface area contributed by atoms with Gasteiger partial charge in [0.1, 0.15) is 0 Å². The molecule has 58 valence electrons. The molecular formula is C7H9N3S. The predicted molar refractivity (Wildman–Crippen MR) is 45.8 cm³/mol. The highest BCUT2D eigenvalue weighted by Gasteiger charge is 2.03. The summed E-state index contributed by atoms with van der Waals surface area (Å²) >= 11 is 1.44. The van der Waals surface area contributed by atoms with Crippen LogP contribution in [-0.2, 0) is 0 Å². The van der Waals surface area contributed by atoms with E-state index in [0.29, 0.717) is 6.04 Å². The summed E-state index contributed by atoms with van der Waals surface area (Å²) in [5.74, 6) is 0. The number of fused-ring (bicyclic) bond motifs is 1. The van der Waals surface area contributed by atoms with E-state index in [9.17, 15) is 0 Å². The van der Waals surface area contributed by atoms with Crippen LogP contribution in [0, 0.1) is 0 Å². The van der Waals surface area contributed by atoms with Crippen molar-refractivity contribution in [1.29, 1.82) is 0 Å². The van der Waals surface area contributed by atoms with Crippen molar-refractivity contribution in [2.24, 2.45) is 0 Å². The van der Waals surface area contributed by atoms with Crippen molar-refractivity contribution in [3.05, 3.63) is 12.4 Å². The van der Waals surface area contributed by atoms with Gasteiger partial charge in [-0.3, -0.25) is 4.68 Å². The lowest BCUT2D eigenvalue weighted by atomic mass is 10.4. The molecule has 0 saturated carbocycles. The van der Waals surface area contributed by atoms with Gasteiger partial charge in [-0.2, -0.15) is 9.47 Å². The minimum Gasteiger partial charge on any atom is -0.268 e. The number of rotatable bonds is 1. The molecule has 0 spiro atoms. The van der Waals surface area contributed by atoms with E-state index < -0.39 is 0 Å². The van der Waals surface area contributed by atoms with Gasteiger partial charge >= 0.3 is 0 Å². The third-order valence-corrected chi connectivity index (χ3v) is 2.29. The molecule has 4 heteroatoms. The van der Waals surface area contributed by atoms with E-state index in [0.717, 1.165) is 10.2 Å². The summed E-state index contributed by atoms with van der Waals surface area (Å²) in [7, 11) is 0. The molecule has 0 aromatic carbocycles. The molecule has 2 aromatic rings. The van der Waals surface area contributed by atoms with Crippen LogP contribution in [0.1, 0.15) is 19.9 Å². The highest BCUT2D eigenvalue weighted by atomic mass is 32.1. The van der Waals surface area contributed by atoms with Gasteiger partial charge in [0.05, 0.1) is 11.6 Å². The molecule has 0 bridgehead atoms. The number of nitrogens with zero attached hydrogens (tertiary/aromatic N) is 3. The van der Waals surface area contributed by atoms with Crippen LogP contribution < -0.4 is 0 Å². The van der Waals surface area contributed by atoms with E-state index in [1.54, 1.807) is 0 Å². The van der Waals surface area contributed by atoms with Gasteiger partial charge in [0.15, 0.2) is 4.83 Å². The Morgan fingerprint density at radius 2 is 2.36 bits per heavy atom. The molecular weight excluding hydrogens is 158 g/mol. The zero-order chi connectivity index (χ0) is 7.84. The summed E-state index contributed by atoms with van der Waals surface area (Å²) in [5.41, 5.74) is 0. The van der Waals surface area contributed by atoms with Crippen molar-refractivity contribution in [2.75, 3.05) is 0 Å². The van der Waals surface area contributed by atoms with Gasteiger partial charge < -0.3 is 0 Å². The Kier molecular flexibility index (Phi) is 1.42. The Balaban J connectivity index is 2.58. The first-order valence-electron chi connectivity index (χ1n) is 3.57. The smallest absolute Gasteiger partial charge is 0.165 e. The lowest BCUT2D eigenvalue weighted by Gasteiger charge is -2.02. The van der Waals surface area contributed by atoms with E-state index in [-0.39, 0.29) is 0 Å². The maximum Gasteiger partial charge on any atom is 0.165 e. The first-order valence-corrected chi connectivity index (χ1v) is 4.34. The lowest BCUT2D eigenvalue weighted by Crippen LogP contribution is -1.99. The molecule has 0 unspecified atom stereocenters. The predicted octanol–water partition coefficient (Wildman–Crippen LogP) is 2.07. The molecule has 0 saturated heterocycles. The van der Waals surface area contributed by atoms with Crippen LogP contribution in [0.5, 0.6) is 0 Å². The molecule has 0 aliphatic carbocycles. The van der Waals surface area contributed by atoms with Gasteiger partial charge in [-0.25, -0.2) is 0 Å². The second-order valence-electron chi connectivity index (χ2n) is 2.79. The van der Waals surface area contributed by atoms with Gasteiger partial charge in [-0.1, -0.05) is 0 Å². The number of hydrogen-bond donors (Lipinski definition) is 0. The molecule has 2 rings (SSSR count). The Hall–Kier alpha value is -0.900. The average molecular weight is 167 g/mol. The van der Waals surface area contributed by atoms with E-state index in [1.165, 1.54) is 11.5 Å². The summed E-state index contributed by atoms with van der Waals surface area (Å²) in [6.07, 6.45) is 3.88. The maximum absolute atomic E-state index is 4.34.